The number of anilines is 1. The summed E-state index contributed by atoms with van der Waals surface area (Å²) in [5, 5.41) is 0. The predicted octanol–water partition coefficient (Wildman–Crippen LogP) is 3.81. The Bertz CT molecular complexity index is 604. The summed E-state index contributed by atoms with van der Waals surface area (Å²) in [7, 11) is 0. The first kappa shape index (κ1) is 14.1. The molecule has 0 saturated carbocycles. The third-order valence-electron chi connectivity index (χ3n) is 2.30. The molecule has 94 valence electrons. The van der Waals surface area contributed by atoms with Gasteiger partial charge in [-0.3, -0.25) is 4.98 Å². The summed E-state index contributed by atoms with van der Waals surface area (Å²) in [5.41, 5.74) is 7.53. The molecule has 0 fully saturated rings. The highest BCUT2D eigenvalue weighted by Crippen LogP contribution is 2.28. The van der Waals surface area contributed by atoms with Crippen LogP contribution in [0.4, 0.5) is 5.82 Å². The number of hydrogen-bond donors (Lipinski definition) is 1. The minimum absolute atomic E-state index is 0.495. The van der Waals surface area contributed by atoms with Gasteiger partial charge < -0.3 is 5.73 Å². The fourth-order valence-corrected chi connectivity index (χ4v) is 3.22. The molecule has 0 amide bonds. The summed E-state index contributed by atoms with van der Waals surface area (Å²) in [6, 6.07) is 1.91. The van der Waals surface area contributed by atoms with Crippen LogP contribution < -0.4 is 5.73 Å². The Hall–Kier alpha value is -0.280. The van der Waals surface area contributed by atoms with Crippen LogP contribution in [0, 0.1) is 3.57 Å². The van der Waals surface area contributed by atoms with Crippen molar-refractivity contribution < 1.29 is 0 Å². The van der Waals surface area contributed by atoms with Crippen molar-refractivity contribution >= 4 is 60.3 Å². The Balaban J connectivity index is 2.60. The lowest BCUT2D eigenvalue weighted by atomic mass is 10.3. The third-order valence-corrected chi connectivity index (χ3v) is 4.51. The van der Waals surface area contributed by atoms with Crippen LogP contribution in [0.1, 0.15) is 12.6 Å². The van der Waals surface area contributed by atoms with Crippen LogP contribution >= 0.6 is 54.5 Å². The molecule has 2 heterocycles. The second-order valence-electron chi connectivity index (χ2n) is 3.53. The van der Waals surface area contributed by atoms with Gasteiger partial charge in [-0.25, -0.2) is 9.97 Å². The molecule has 0 aliphatic carbocycles. The van der Waals surface area contributed by atoms with Gasteiger partial charge in [-0.2, -0.15) is 0 Å². The summed E-state index contributed by atoms with van der Waals surface area (Å²) in [6.45, 7) is 2.04. The summed E-state index contributed by atoms with van der Waals surface area (Å²) in [4.78, 5) is 13.1. The van der Waals surface area contributed by atoms with Gasteiger partial charge in [0.25, 0.3) is 0 Å². The molecule has 0 radical (unpaired) electrons. The van der Waals surface area contributed by atoms with Crippen molar-refractivity contribution in [1.82, 2.24) is 15.0 Å². The number of aromatic nitrogens is 3. The molecule has 0 spiro atoms. The van der Waals surface area contributed by atoms with E-state index in [1.807, 2.05) is 13.0 Å². The van der Waals surface area contributed by atoms with Crippen molar-refractivity contribution in [2.24, 2.45) is 0 Å². The van der Waals surface area contributed by atoms with E-state index >= 15 is 0 Å². The van der Waals surface area contributed by atoms with Crippen LogP contribution in [-0.2, 0) is 6.42 Å². The molecule has 0 saturated heterocycles. The molecule has 7 heteroatoms. The van der Waals surface area contributed by atoms with Crippen LogP contribution in [0.15, 0.2) is 21.2 Å². The SMILES string of the molecule is CCc1nc(-c2ncc(Br)cc2Br)nc(N)c1I. The van der Waals surface area contributed by atoms with E-state index in [1.165, 1.54) is 0 Å². The lowest BCUT2D eigenvalue weighted by molar-refractivity contribution is 0.986. The van der Waals surface area contributed by atoms with Crippen molar-refractivity contribution in [3.63, 3.8) is 0 Å². The maximum absolute atomic E-state index is 5.90. The number of nitrogens with zero attached hydrogens (tertiary/aromatic N) is 3. The van der Waals surface area contributed by atoms with Crippen molar-refractivity contribution in [3.05, 3.63) is 30.5 Å². The number of hydrogen-bond acceptors (Lipinski definition) is 4. The van der Waals surface area contributed by atoms with Gasteiger partial charge in [0.2, 0.25) is 0 Å². The number of rotatable bonds is 2. The Kier molecular flexibility index (Phi) is 4.54. The number of pyridine rings is 1. The first-order valence-corrected chi connectivity index (χ1v) is 7.82. The fourth-order valence-electron chi connectivity index (χ4n) is 1.43. The van der Waals surface area contributed by atoms with Gasteiger partial charge in [0.05, 0.1) is 9.26 Å². The molecule has 2 aromatic heterocycles. The molecule has 2 aromatic rings. The van der Waals surface area contributed by atoms with Crippen LogP contribution in [0.2, 0.25) is 0 Å². The van der Waals surface area contributed by atoms with Crippen LogP contribution in [-0.4, -0.2) is 15.0 Å². The summed E-state index contributed by atoms with van der Waals surface area (Å²) < 4.78 is 2.64. The molecule has 18 heavy (non-hydrogen) atoms. The fraction of sp³-hybridized carbons (Fsp3) is 0.182. The minimum Gasteiger partial charge on any atom is -0.383 e. The van der Waals surface area contributed by atoms with E-state index in [0.29, 0.717) is 17.3 Å². The normalized spacial score (nSPS) is 10.7. The largest absolute Gasteiger partial charge is 0.383 e. The first-order chi connectivity index (χ1) is 8.52. The van der Waals surface area contributed by atoms with Crippen LogP contribution in [0.25, 0.3) is 11.5 Å². The third kappa shape index (κ3) is 2.83. The first-order valence-electron chi connectivity index (χ1n) is 5.16. The number of aryl methyl sites for hydroxylation is 1. The van der Waals surface area contributed by atoms with E-state index in [-0.39, 0.29) is 0 Å². The number of halogens is 3. The average Bonchev–Trinajstić information content (AvgIpc) is 2.32. The molecule has 2 N–H and O–H groups in total. The molecule has 0 atom stereocenters. The van der Waals surface area contributed by atoms with E-state index in [4.69, 9.17) is 5.73 Å². The van der Waals surface area contributed by atoms with E-state index in [1.54, 1.807) is 6.20 Å². The zero-order chi connectivity index (χ0) is 13.3. The molecule has 0 bridgehead atoms. The minimum atomic E-state index is 0.495. The van der Waals surface area contributed by atoms with Gasteiger partial charge in [-0.1, -0.05) is 6.92 Å². The van der Waals surface area contributed by atoms with E-state index in [2.05, 4.69) is 69.4 Å². The quantitative estimate of drug-likeness (QED) is 0.660. The van der Waals surface area contributed by atoms with Gasteiger partial charge in [0, 0.05) is 15.1 Å². The maximum Gasteiger partial charge on any atom is 0.181 e. The Labute approximate surface area is 135 Å². The van der Waals surface area contributed by atoms with Gasteiger partial charge in [0.15, 0.2) is 5.82 Å². The highest BCUT2D eigenvalue weighted by atomic mass is 127. The number of nitrogens with two attached hydrogens (primary N) is 1. The molecule has 2 rings (SSSR count). The van der Waals surface area contributed by atoms with E-state index in [9.17, 15) is 0 Å². The zero-order valence-corrected chi connectivity index (χ0v) is 14.7. The van der Waals surface area contributed by atoms with Crippen molar-refractivity contribution in [1.29, 1.82) is 0 Å². The molecule has 0 aliphatic rings. The van der Waals surface area contributed by atoms with Gasteiger partial charge in [-0.05, 0) is 66.9 Å². The monoisotopic (exact) mass is 482 g/mol. The predicted molar refractivity (Wildman–Crippen MR) is 87.2 cm³/mol. The van der Waals surface area contributed by atoms with Crippen molar-refractivity contribution in [3.8, 4) is 11.5 Å². The van der Waals surface area contributed by atoms with Gasteiger partial charge in [-0.15, -0.1) is 0 Å². The Morgan fingerprint density at radius 3 is 2.67 bits per heavy atom. The highest BCUT2D eigenvalue weighted by molar-refractivity contribution is 14.1. The maximum atomic E-state index is 5.90. The van der Waals surface area contributed by atoms with Gasteiger partial charge in [0.1, 0.15) is 11.5 Å². The average molecular weight is 484 g/mol. The summed E-state index contributed by atoms with van der Waals surface area (Å²) in [5.74, 6) is 1.04. The lowest BCUT2D eigenvalue weighted by Crippen LogP contribution is -2.05. The van der Waals surface area contributed by atoms with Gasteiger partial charge >= 0.3 is 0 Å². The van der Waals surface area contributed by atoms with Crippen LogP contribution in [0.3, 0.4) is 0 Å². The standard InChI is InChI=1S/C11H9Br2IN4/c1-2-7-8(14)10(15)18-11(17-7)9-6(13)3-5(12)4-16-9/h3-4H,2H2,1H3,(H2,15,17,18). The summed E-state index contributed by atoms with van der Waals surface area (Å²) >= 11 is 8.99. The Morgan fingerprint density at radius 1 is 1.33 bits per heavy atom. The van der Waals surface area contributed by atoms with E-state index < -0.39 is 0 Å². The zero-order valence-electron chi connectivity index (χ0n) is 9.41. The number of nitrogen functional groups attached to an aromatic ring is 1. The lowest BCUT2D eigenvalue weighted by Gasteiger charge is -2.08. The van der Waals surface area contributed by atoms with Crippen LogP contribution in [0.5, 0.6) is 0 Å². The Morgan fingerprint density at radius 2 is 2.06 bits per heavy atom. The molecule has 4 nitrogen and oxygen atoms in total. The second kappa shape index (κ2) is 5.79. The molecule has 0 aromatic carbocycles. The highest BCUT2D eigenvalue weighted by Gasteiger charge is 2.13. The van der Waals surface area contributed by atoms with E-state index in [0.717, 1.165) is 24.6 Å². The molecular formula is C11H9Br2IN4. The molecular weight excluding hydrogens is 475 g/mol. The van der Waals surface area contributed by atoms with Crippen molar-refractivity contribution in [2.75, 3.05) is 5.73 Å². The van der Waals surface area contributed by atoms with Crippen molar-refractivity contribution in [2.45, 2.75) is 13.3 Å². The topological polar surface area (TPSA) is 64.7 Å². The molecule has 0 aliphatic heterocycles. The summed E-state index contributed by atoms with van der Waals surface area (Å²) in [6.07, 6.45) is 2.52. The second-order valence-corrected chi connectivity index (χ2v) is 6.38. The smallest absolute Gasteiger partial charge is 0.181 e. The molecule has 0 unspecified atom stereocenters.